The molecule has 1 aromatic rings. The zero-order valence-electron chi connectivity index (χ0n) is 12.1. The van der Waals surface area contributed by atoms with Crippen molar-refractivity contribution in [1.82, 2.24) is 10.3 Å². The number of anilines is 1. The van der Waals surface area contributed by atoms with E-state index in [1.54, 1.807) is 18.3 Å². The molecule has 1 atom stereocenters. The Hall–Kier alpha value is -2.11. The lowest BCUT2D eigenvalue weighted by Gasteiger charge is -2.12. The Morgan fingerprint density at radius 1 is 1.45 bits per heavy atom. The maximum atomic E-state index is 11.6. The van der Waals surface area contributed by atoms with Gasteiger partial charge in [-0.3, -0.25) is 4.79 Å². The summed E-state index contributed by atoms with van der Waals surface area (Å²) in [6.07, 6.45) is 2.79. The van der Waals surface area contributed by atoms with Crippen molar-refractivity contribution in [3.05, 3.63) is 23.9 Å². The van der Waals surface area contributed by atoms with E-state index in [9.17, 15) is 9.59 Å². The zero-order valence-corrected chi connectivity index (χ0v) is 12.1. The fourth-order valence-corrected chi connectivity index (χ4v) is 1.56. The summed E-state index contributed by atoms with van der Waals surface area (Å²) in [4.78, 5) is 27.2. The molecule has 0 aliphatic heterocycles. The van der Waals surface area contributed by atoms with Gasteiger partial charge < -0.3 is 15.4 Å². The van der Waals surface area contributed by atoms with Gasteiger partial charge in [-0.25, -0.2) is 9.78 Å². The third-order valence-electron chi connectivity index (χ3n) is 2.88. The van der Waals surface area contributed by atoms with Crippen LogP contribution in [0, 0.1) is 0 Å². The molecule has 1 heterocycles. The molecule has 2 N–H and O–H groups in total. The van der Waals surface area contributed by atoms with E-state index in [2.05, 4.69) is 20.4 Å². The molecule has 0 saturated carbocycles. The van der Waals surface area contributed by atoms with Gasteiger partial charge >= 0.3 is 5.97 Å². The fraction of sp³-hybridized carbons (Fsp3) is 0.500. The maximum absolute atomic E-state index is 11.6. The minimum Gasteiger partial charge on any atom is -0.465 e. The molecule has 6 nitrogen and oxygen atoms in total. The molecule has 1 unspecified atom stereocenters. The van der Waals surface area contributed by atoms with Crippen LogP contribution in [0.3, 0.4) is 0 Å². The third kappa shape index (κ3) is 4.87. The van der Waals surface area contributed by atoms with Crippen molar-refractivity contribution in [2.45, 2.75) is 32.7 Å². The third-order valence-corrected chi connectivity index (χ3v) is 2.88. The van der Waals surface area contributed by atoms with Crippen LogP contribution < -0.4 is 10.6 Å². The monoisotopic (exact) mass is 279 g/mol. The van der Waals surface area contributed by atoms with Crippen molar-refractivity contribution in [1.29, 1.82) is 0 Å². The first-order chi connectivity index (χ1) is 9.58. The summed E-state index contributed by atoms with van der Waals surface area (Å²) in [5, 5.41) is 5.85. The molecule has 1 rings (SSSR count). The van der Waals surface area contributed by atoms with Crippen LogP contribution in [0.25, 0.3) is 0 Å². The van der Waals surface area contributed by atoms with E-state index in [-0.39, 0.29) is 11.9 Å². The van der Waals surface area contributed by atoms with Crippen LogP contribution in [0.1, 0.15) is 37.0 Å². The Morgan fingerprint density at radius 2 is 2.20 bits per heavy atom. The second kappa shape index (κ2) is 8.14. The average molecular weight is 279 g/mol. The molecule has 0 aromatic carbocycles. The summed E-state index contributed by atoms with van der Waals surface area (Å²) < 4.78 is 4.67. The molecule has 0 spiro atoms. The Kier molecular flexibility index (Phi) is 6.49. The van der Waals surface area contributed by atoms with Crippen LogP contribution >= 0.6 is 0 Å². The molecule has 0 aliphatic carbocycles. The predicted octanol–water partition coefficient (Wildman–Crippen LogP) is 1.58. The highest BCUT2D eigenvalue weighted by atomic mass is 16.5. The van der Waals surface area contributed by atoms with E-state index in [1.807, 2.05) is 13.8 Å². The highest BCUT2D eigenvalue weighted by Gasteiger charge is 2.12. The number of ether oxygens (including phenoxy) is 1. The fourth-order valence-electron chi connectivity index (χ4n) is 1.56. The second-order valence-electron chi connectivity index (χ2n) is 4.44. The normalized spacial score (nSPS) is 11.6. The molecule has 6 heteroatoms. The van der Waals surface area contributed by atoms with Gasteiger partial charge in [0.2, 0.25) is 5.91 Å². The molecular weight excluding hydrogens is 258 g/mol. The molecule has 1 aromatic heterocycles. The van der Waals surface area contributed by atoms with Gasteiger partial charge in [0.1, 0.15) is 11.4 Å². The van der Waals surface area contributed by atoms with E-state index < -0.39 is 5.97 Å². The number of nitrogens with one attached hydrogen (secondary N) is 2. The molecule has 20 heavy (non-hydrogen) atoms. The smallest absolute Gasteiger partial charge is 0.341 e. The zero-order chi connectivity index (χ0) is 15.0. The molecule has 0 fully saturated rings. The van der Waals surface area contributed by atoms with Crippen molar-refractivity contribution in [3.63, 3.8) is 0 Å². The van der Waals surface area contributed by atoms with Crippen LogP contribution in [0.4, 0.5) is 5.82 Å². The highest BCUT2D eigenvalue weighted by Crippen LogP contribution is 2.12. The molecule has 0 bridgehead atoms. The first kappa shape index (κ1) is 15.9. The van der Waals surface area contributed by atoms with Gasteiger partial charge in [0, 0.05) is 25.2 Å². The Bertz CT molecular complexity index is 463. The minimum absolute atomic E-state index is 0.0256. The minimum atomic E-state index is -0.454. The number of hydrogen-bond acceptors (Lipinski definition) is 5. The molecule has 0 saturated heterocycles. The largest absolute Gasteiger partial charge is 0.465 e. The van der Waals surface area contributed by atoms with Gasteiger partial charge in [0.15, 0.2) is 0 Å². The number of hydrogen-bond donors (Lipinski definition) is 2. The van der Waals surface area contributed by atoms with Gasteiger partial charge in [0.25, 0.3) is 0 Å². The summed E-state index contributed by atoms with van der Waals surface area (Å²) in [5.74, 6) is -0.0530. The van der Waals surface area contributed by atoms with Crippen LogP contribution in [-0.4, -0.2) is 36.6 Å². The van der Waals surface area contributed by atoms with Crippen molar-refractivity contribution in [3.8, 4) is 0 Å². The first-order valence-corrected chi connectivity index (χ1v) is 6.65. The van der Waals surface area contributed by atoms with Crippen LogP contribution in [0.5, 0.6) is 0 Å². The lowest BCUT2D eigenvalue weighted by molar-refractivity contribution is -0.121. The van der Waals surface area contributed by atoms with E-state index >= 15 is 0 Å². The SMILES string of the molecule is CCC(C)NC(=O)CCNc1ncccc1C(=O)OC. The maximum Gasteiger partial charge on any atom is 0.341 e. The van der Waals surface area contributed by atoms with Gasteiger partial charge in [-0.2, -0.15) is 0 Å². The summed E-state index contributed by atoms with van der Waals surface area (Å²) in [7, 11) is 1.32. The number of nitrogens with zero attached hydrogens (tertiary/aromatic N) is 1. The number of carbonyl (C=O) groups excluding carboxylic acids is 2. The van der Waals surface area contributed by atoms with E-state index in [1.165, 1.54) is 7.11 Å². The molecule has 0 radical (unpaired) electrons. The molecule has 110 valence electrons. The molecular formula is C14H21N3O3. The number of esters is 1. The Labute approximate surface area is 118 Å². The quantitative estimate of drug-likeness (QED) is 0.741. The Morgan fingerprint density at radius 3 is 2.85 bits per heavy atom. The van der Waals surface area contributed by atoms with Gasteiger partial charge in [-0.1, -0.05) is 6.92 Å². The highest BCUT2D eigenvalue weighted by molar-refractivity contribution is 5.94. The summed E-state index contributed by atoms with van der Waals surface area (Å²) >= 11 is 0. The second-order valence-corrected chi connectivity index (χ2v) is 4.44. The van der Waals surface area contributed by atoms with Crippen LogP contribution in [0.15, 0.2) is 18.3 Å². The molecule has 1 amide bonds. The Balaban J connectivity index is 2.50. The lowest BCUT2D eigenvalue weighted by atomic mass is 10.2. The van der Waals surface area contributed by atoms with E-state index in [0.717, 1.165) is 6.42 Å². The number of amides is 1. The number of pyridine rings is 1. The predicted molar refractivity (Wildman–Crippen MR) is 76.6 cm³/mol. The topological polar surface area (TPSA) is 80.3 Å². The number of rotatable bonds is 7. The van der Waals surface area contributed by atoms with Gasteiger partial charge in [-0.05, 0) is 25.5 Å². The first-order valence-electron chi connectivity index (χ1n) is 6.65. The summed E-state index contributed by atoms with van der Waals surface area (Å²) in [6.45, 7) is 4.38. The number of carbonyl (C=O) groups is 2. The van der Waals surface area contributed by atoms with Gasteiger partial charge in [-0.15, -0.1) is 0 Å². The van der Waals surface area contributed by atoms with Gasteiger partial charge in [0.05, 0.1) is 7.11 Å². The number of methoxy groups -OCH3 is 1. The van der Waals surface area contributed by atoms with Crippen molar-refractivity contribution < 1.29 is 14.3 Å². The summed E-state index contributed by atoms with van der Waals surface area (Å²) in [6, 6.07) is 3.45. The standard InChI is InChI=1S/C14H21N3O3/c1-4-10(2)17-12(18)7-9-16-13-11(14(19)20-3)6-5-8-15-13/h5-6,8,10H,4,7,9H2,1-3H3,(H,15,16)(H,17,18). The van der Waals surface area contributed by atoms with Crippen molar-refractivity contribution >= 4 is 17.7 Å². The van der Waals surface area contributed by atoms with Crippen LogP contribution in [-0.2, 0) is 9.53 Å². The van der Waals surface area contributed by atoms with Crippen molar-refractivity contribution in [2.75, 3.05) is 19.0 Å². The van der Waals surface area contributed by atoms with Crippen LogP contribution in [0.2, 0.25) is 0 Å². The van der Waals surface area contributed by atoms with E-state index in [0.29, 0.717) is 24.3 Å². The van der Waals surface area contributed by atoms with E-state index in [4.69, 9.17) is 0 Å². The lowest BCUT2D eigenvalue weighted by Crippen LogP contribution is -2.33. The van der Waals surface area contributed by atoms with Crippen molar-refractivity contribution in [2.24, 2.45) is 0 Å². The number of aromatic nitrogens is 1. The average Bonchev–Trinajstić information content (AvgIpc) is 2.46. The summed E-state index contributed by atoms with van der Waals surface area (Å²) in [5.41, 5.74) is 0.359. The molecule has 0 aliphatic rings.